The Labute approximate surface area is 183 Å². The molecule has 1 fully saturated rings. The van der Waals surface area contributed by atoms with E-state index in [1.165, 1.54) is 12.1 Å². The summed E-state index contributed by atoms with van der Waals surface area (Å²) < 4.78 is 39.7. The molecule has 1 aliphatic rings. The molecule has 1 amide bonds. The van der Waals surface area contributed by atoms with Crippen molar-refractivity contribution in [1.29, 1.82) is 0 Å². The molecule has 0 spiro atoms. The number of aromatic nitrogens is 3. The van der Waals surface area contributed by atoms with Gasteiger partial charge < -0.3 is 16.0 Å². The van der Waals surface area contributed by atoms with Gasteiger partial charge in [-0.05, 0) is 43.9 Å². The Bertz CT molecular complexity index is 940. The fraction of sp³-hybridized carbons (Fsp3) is 0.500. The number of anilines is 2. The van der Waals surface area contributed by atoms with Gasteiger partial charge in [-0.3, -0.25) is 4.79 Å². The number of rotatable bonds is 6. The SMILES string of the molecule is CNc1nc(C)nc(N[C@H]2CCC[C@@H](C(=O)NCc3ccc(Cl)cc3C(F)(F)F)C2)n1. The predicted octanol–water partition coefficient (Wildman–Crippen LogP) is 4.18. The number of nitrogens with zero attached hydrogens (tertiary/aromatic N) is 3. The summed E-state index contributed by atoms with van der Waals surface area (Å²) in [4.78, 5) is 25.3. The van der Waals surface area contributed by atoms with E-state index in [0.29, 0.717) is 30.6 Å². The topological polar surface area (TPSA) is 91.8 Å². The summed E-state index contributed by atoms with van der Waals surface area (Å²) in [5.74, 6) is 0.870. The highest BCUT2D eigenvalue weighted by Gasteiger charge is 2.34. The number of benzene rings is 1. The van der Waals surface area contributed by atoms with Crippen LogP contribution in [-0.2, 0) is 17.5 Å². The van der Waals surface area contributed by atoms with Gasteiger partial charge in [-0.15, -0.1) is 0 Å². The number of halogens is 4. The van der Waals surface area contributed by atoms with Gasteiger partial charge in [-0.25, -0.2) is 0 Å². The van der Waals surface area contributed by atoms with Crippen molar-refractivity contribution in [3.05, 3.63) is 40.2 Å². The molecule has 3 N–H and O–H groups in total. The second-order valence-electron chi connectivity index (χ2n) is 7.50. The molecule has 1 aliphatic carbocycles. The van der Waals surface area contributed by atoms with E-state index < -0.39 is 11.7 Å². The number of amides is 1. The molecule has 1 saturated carbocycles. The molecule has 7 nitrogen and oxygen atoms in total. The van der Waals surface area contributed by atoms with Gasteiger partial charge in [0.15, 0.2) is 0 Å². The summed E-state index contributed by atoms with van der Waals surface area (Å²) in [6.07, 6.45) is -1.67. The quantitative estimate of drug-likeness (QED) is 0.604. The average molecular weight is 457 g/mol. The van der Waals surface area contributed by atoms with Crippen LogP contribution in [0.5, 0.6) is 0 Å². The molecular weight excluding hydrogens is 433 g/mol. The highest BCUT2D eigenvalue weighted by Crippen LogP contribution is 2.34. The molecular formula is C20H24ClF3N6O. The van der Waals surface area contributed by atoms with Crippen LogP contribution < -0.4 is 16.0 Å². The number of carbonyl (C=O) groups excluding carboxylic acids is 1. The zero-order valence-electron chi connectivity index (χ0n) is 17.2. The third-order valence-electron chi connectivity index (χ3n) is 5.18. The maximum absolute atomic E-state index is 13.2. The van der Waals surface area contributed by atoms with Crippen LogP contribution in [-0.4, -0.2) is 33.9 Å². The molecule has 1 aromatic heterocycles. The van der Waals surface area contributed by atoms with Gasteiger partial charge in [0.1, 0.15) is 5.82 Å². The number of aryl methyl sites for hydroxylation is 1. The Hall–Kier alpha value is -2.62. The van der Waals surface area contributed by atoms with E-state index in [4.69, 9.17) is 11.6 Å². The number of carbonyl (C=O) groups is 1. The molecule has 0 bridgehead atoms. The van der Waals surface area contributed by atoms with Crippen LogP contribution in [0.2, 0.25) is 5.02 Å². The lowest BCUT2D eigenvalue weighted by atomic mass is 9.85. The van der Waals surface area contributed by atoms with E-state index in [2.05, 4.69) is 30.9 Å². The zero-order chi connectivity index (χ0) is 22.6. The normalized spacial score (nSPS) is 19.0. The second-order valence-corrected chi connectivity index (χ2v) is 7.94. The van der Waals surface area contributed by atoms with Gasteiger partial charge in [0, 0.05) is 30.6 Å². The van der Waals surface area contributed by atoms with Crippen molar-refractivity contribution in [2.75, 3.05) is 17.7 Å². The van der Waals surface area contributed by atoms with Crippen LogP contribution in [0.1, 0.15) is 42.6 Å². The monoisotopic (exact) mass is 456 g/mol. The Morgan fingerprint density at radius 3 is 2.65 bits per heavy atom. The van der Waals surface area contributed by atoms with Crippen LogP contribution in [0.3, 0.4) is 0 Å². The zero-order valence-corrected chi connectivity index (χ0v) is 17.9. The largest absolute Gasteiger partial charge is 0.416 e. The Balaban J connectivity index is 1.61. The molecule has 31 heavy (non-hydrogen) atoms. The molecule has 168 valence electrons. The predicted molar refractivity (Wildman–Crippen MR) is 112 cm³/mol. The van der Waals surface area contributed by atoms with Crippen LogP contribution in [0.4, 0.5) is 25.1 Å². The molecule has 0 saturated heterocycles. The summed E-state index contributed by atoms with van der Waals surface area (Å²) in [5, 5.41) is 8.76. The first kappa shape index (κ1) is 23.1. The van der Waals surface area contributed by atoms with Crippen molar-refractivity contribution in [2.45, 2.75) is 51.4 Å². The second kappa shape index (κ2) is 9.67. The third-order valence-corrected chi connectivity index (χ3v) is 5.41. The van der Waals surface area contributed by atoms with Gasteiger partial charge in [0.25, 0.3) is 0 Å². The fourth-order valence-electron chi connectivity index (χ4n) is 3.69. The molecule has 0 radical (unpaired) electrons. The molecule has 2 atom stereocenters. The smallest absolute Gasteiger partial charge is 0.357 e. The summed E-state index contributed by atoms with van der Waals surface area (Å²) in [7, 11) is 1.71. The first-order chi connectivity index (χ1) is 14.7. The van der Waals surface area contributed by atoms with Crippen molar-refractivity contribution in [3.63, 3.8) is 0 Å². The Morgan fingerprint density at radius 2 is 1.94 bits per heavy atom. The third kappa shape index (κ3) is 6.19. The lowest BCUT2D eigenvalue weighted by Gasteiger charge is -2.29. The van der Waals surface area contributed by atoms with Gasteiger partial charge in [0.05, 0.1) is 5.56 Å². The van der Waals surface area contributed by atoms with Gasteiger partial charge in [0.2, 0.25) is 17.8 Å². The van der Waals surface area contributed by atoms with Gasteiger partial charge >= 0.3 is 6.18 Å². The summed E-state index contributed by atoms with van der Waals surface area (Å²) in [5.41, 5.74) is -0.856. The van der Waals surface area contributed by atoms with E-state index in [-0.39, 0.29) is 35.0 Å². The number of nitrogens with one attached hydrogen (secondary N) is 3. The van der Waals surface area contributed by atoms with E-state index in [9.17, 15) is 18.0 Å². The van der Waals surface area contributed by atoms with Crippen molar-refractivity contribution < 1.29 is 18.0 Å². The molecule has 3 rings (SSSR count). The van der Waals surface area contributed by atoms with Gasteiger partial charge in [-0.1, -0.05) is 24.1 Å². The van der Waals surface area contributed by atoms with Crippen LogP contribution in [0.25, 0.3) is 0 Å². The van der Waals surface area contributed by atoms with Crippen LogP contribution in [0.15, 0.2) is 18.2 Å². The molecule has 2 aromatic rings. The lowest BCUT2D eigenvalue weighted by molar-refractivity contribution is -0.138. The maximum atomic E-state index is 13.2. The minimum Gasteiger partial charge on any atom is -0.357 e. The van der Waals surface area contributed by atoms with E-state index >= 15 is 0 Å². The Morgan fingerprint density at radius 1 is 1.19 bits per heavy atom. The average Bonchev–Trinajstić information content (AvgIpc) is 2.71. The summed E-state index contributed by atoms with van der Waals surface area (Å²) in [6.45, 7) is 1.55. The minimum absolute atomic E-state index is 0.00130. The number of hydrogen-bond acceptors (Lipinski definition) is 6. The van der Waals surface area contributed by atoms with E-state index in [0.717, 1.165) is 18.9 Å². The highest BCUT2D eigenvalue weighted by molar-refractivity contribution is 6.30. The highest BCUT2D eigenvalue weighted by atomic mass is 35.5. The Kier molecular flexibility index (Phi) is 7.19. The fourth-order valence-corrected chi connectivity index (χ4v) is 3.87. The molecule has 1 aromatic carbocycles. The molecule has 1 heterocycles. The number of hydrogen-bond donors (Lipinski definition) is 3. The first-order valence-corrected chi connectivity index (χ1v) is 10.3. The van der Waals surface area contributed by atoms with Crippen molar-refractivity contribution in [2.24, 2.45) is 5.92 Å². The molecule has 11 heteroatoms. The standard InChI is InChI=1S/C20H24ClF3N6O/c1-11-27-18(25-2)30-19(28-11)29-15-5-3-4-12(8-15)17(31)26-10-13-6-7-14(21)9-16(13)20(22,23)24/h6-7,9,12,15H,3-5,8,10H2,1-2H3,(H,26,31)(H2,25,27,28,29,30)/t12-,15+/m1/s1. The maximum Gasteiger partial charge on any atom is 0.416 e. The van der Waals surface area contributed by atoms with Crippen LogP contribution >= 0.6 is 11.6 Å². The minimum atomic E-state index is -4.54. The van der Waals surface area contributed by atoms with Crippen LogP contribution in [0, 0.1) is 12.8 Å². The van der Waals surface area contributed by atoms with Crippen molar-refractivity contribution >= 4 is 29.4 Å². The lowest BCUT2D eigenvalue weighted by Crippen LogP contribution is -2.37. The van der Waals surface area contributed by atoms with E-state index in [1.807, 2.05) is 0 Å². The molecule has 0 aliphatic heterocycles. The summed E-state index contributed by atoms with van der Waals surface area (Å²) in [6, 6.07) is 3.53. The van der Waals surface area contributed by atoms with Crippen molar-refractivity contribution in [1.82, 2.24) is 20.3 Å². The number of alkyl halides is 3. The van der Waals surface area contributed by atoms with Crippen molar-refractivity contribution in [3.8, 4) is 0 Å². The first-order valence-electron chi connectivity index (χ1n) is 9.96. The van der Waals surface area contributed by atoms with Gasteiger partial charge in [-0.2, -0.15) is 28.1 Å². The van der Waals surface area contributed by atoms with E-state index in [1.54, 1.807) is 14.0 Å². The summed E-state index contributed by atoms with van der Waals surface area (Å²) >= 11 is 5.71. The molecule has 0 unspecified atom stereocenters.